The third-order valence-corrected chi connectivity index (χ3v) is 4.75. The smallest absolute Gasteiger partial charge is 0.0466 e. The fourth-order valence-corrected chi connectivity index (χ4v) is 3.03. The Morgan fingerprint density at radius 1 is 0.520 bits per heavy atom. The SMILES string of the molecule is Cc1ccc(CCCCCOCCCCCc2ccc(C)cc2)cc1. The predicted molar refractivity (Wildman–Crippen MR) is 108 cm³/mol. The maximum Gasteiger partial charge on any atom is 0.0466 e. The van der Waals surface area contributed by atoms with E-state index in [1.807, 2.05) is 0 Å². The molecular formula is C24H34O. The van der Waals surface area contributed by atoms with Crippen molar-refractivity contribution in [2.75, 3.05) is 13.2 Å². The van der Waals surface area contributed by atoms with Gasteiger partial charge in [-0.1, -0.05) is 72.5 Å². The van der Waals surface area contributed by atoms with Crippen LogP contribution < -0.4 is 0 Å². The molecule has 2 aromatic rings. The molecule has 0 saturated carbocycles. The second-order valence-corrected chi connectivity index (χ2v) is 7.20. The lowest BCUT2D eigenvalue weighted by Gasteiger charge is -2.06. The number of benzene rings is 2. The monoisotopic (exact) mass is 338 g/mol. The van der Waals surface area contributed by atoms with Crippen LogP contribution in [0.3, 0.4) is 0 Å². The van der Waals surface area contributed by atoms with E-state index in [1.165, 1.54) is 73.6 Å². The zero-order chi connectivity index (χ0) is 17.7. The third kappa shape index (κ3) is 8.88. The maximum absolute atomic E-state index is 5.77. The number of ether oxygens (including phenoxy) is 1. The Labute approximate surface area is 154 Å². The fourth-order valence-electron chi connectivity index (χ4n) is 3.03. The summed E-state index contributed by atoms with van der Waals surface area (Å²) in [6.45, 7) is 6.13. The molecule has 2 aromatic carbocycles. The van der Waals surface area contributed by atoms with Crippen LogP contribution in [0.1, 0.15) is 60.8 Å². The summed E-state index contributed by atoms with van der Waals surface area (Å²) in [5, 5.41) is 0. The molecular weight excluding hydrogens is 304 g/mol. The molecule has 136 valence electrons. The number of rotatable bonds is 12. The van der Waals surface area contributed by atoms with Gasteiger partial charge in [-0.05, 0) is 63.5 Å². The van der Waals surface area contributed by atoms with Gasteiger partial charge < -0.3 is 4.74 Å². The number of hydrogen-bond donors (Lipinski definition) is 0. The fraction of sp³-hybridized carbons (Fsp3) is 0.500. The van der Waals surface area contributed by atoms with Crippen molar-refractivity contribution in [3.05, 3.63) is 70.8 Å². The van der Waals surface area contributed by atoms with Crippen LogP contribution >= 0.6 is 0 Å². The average molecular weight is 339 g/mol. The number of unbranched alkanes of at least 4 members (excludes halogenated alkanes) is 4. The van der Waals surface area contributed by atoms with E-state index in [9.17, 15) is 0 Å². The highest BCUT2D eigenvalue weighted by molar-refractivity contribution is 5.22. The molecule has 0 saturated heterocycles. The standard InChI is InChI=1S/C24H34O/c1-21-11-15-23(16-12-21)9-5-3-7-19-25-20-8-4-6-10-24-17-13-22(2)14-18-24/h11-18H,3-10,19-20H2,1-2H3. The first-order chi connectivity index (χ1) is 12.2. The zero-order valence-corrected chi connectivity index (χ0v) is 16.1. The molecule has 0 amide bonds. The van der Waals surface area contributed by atoms with E-state index in [0.29, 0.717) is 0 Å². The van der Waals surface area contributed by atoms with Crippen molar-refractivity contribution >= 4 is 0 Å². The summed E-state index contributed by atoms with van der Waals surface area (Å²) in [5.41, 5.74) is 5.60. The van der Waals surface area contributed by atoms with Gasteiger partial charge in [-0.2, -0.15) is 0 Å². The van der Waals surface area contributed by atoms with Crippen LogP contribution in [0, 0.1) is 13.8 Å². The van der Waals surface area contributed by atoms with E-state index in [0.717, 1.165) is 13.2 Å². The van der Waals surface area contributed by atoms with Crippen molar-refractivity contribution in [1.82, 2.24) is 0 Å². The van der Waals surface area contributed by atoms with Crippen LogP contribution in [0.5, 0.6) is 0 Å². The zero-order valence-electron chi connectivity index (χ0n) is 16.1. The van der Waals surface area contributed by atoms with E-state index in [-0.39, 0.29) is 0 Å². The van der Waals surface area contributed by atoms with Crippen LogP contribution in [0.15, 0.2) is 48.5 Å². The molecule has 0 atom stereocenters. The highest BCUT2D eigenvalue weighted by Crippen LogP contribution is 2.10. The molecule has 0 unspecified atom stereocenters. The molecule has 0 aliphatic carbocycles. The van der Waals surface area contributed by atoms with Gasteiger partial charge in [-0.15, -0.1) is 0 Å². The van der Waals surface area contributed by atoms with Gasteiger partial charge in [-0.3, -0.25) is 0 Å². The molecule has 0 bridgehead atoms. The summed E-state index contributed by atoms with van der Waals surface area (Å²) in [5.74, 6) is 0. The van der Waals surface area contributed by atoms with Crippen LogP contribution in [0.2, 0.25) is 0 Å². The lowest BCUT2D eigenvalue weighted by Crippen LogP contribution is -1.98. The van der Waals surface area contributed by atoms with Gasteiger partial charge >= 0.3 is 0 Å². The Bertz CT molecular complexity index is 515. The Hall–Kier alpha value is -1.60. The minimum absolute atomic E-state index is 0.922. The summed E-state index contributed by atoms with van der Waals surface area (Å²) < 4.78 is 5.77. The van der Waals surface area contributed by atoms with Crippen molar-refractivity contribution in [1.29, 1.82) is 0 Å². The van der Waals surface area contributed by atoms with Crippen LogP contribution in [0.25, 0.3) is 0 Å². The first-order valence-electron chi connectivity index (χ1n) is 9.93. The summed E-state index contributed by atoms with van der Waals surface area (Å²) in [7, 11) is 0. The van der Waals surface area contributed by atoms with E-state index >= 15 is 0 Å². The Morgan fingerprint density at radius 3 is 1.32 bits per heavy atom. The first-order valence-corrected chi connectivity index (χ1v) is 9.93. The summed E-state index contributed by atoms with van der Waals surface area (Å²) in [6.07, 6.45) is 9.83. The summed E-state index contributed by atoms with van der Waals surface area (Å²) in [4.78, 5) is 0. The number of aryl methyl sites for hydroxylation is 4. The van der Waals surface area contributed by atoms with Crippen molar-refractivity contribution < 1.29 is 4.74 Å². The number of hydrogen-bond acceptors (Lipinski definition) is 1. The van der Waals surface area contributed by atoms with E-state index in [2.05, 4.69) is 62.4 Å². The third-order valence-electron chi connectivity index (χ3n) is 4.75. The minimum atomic E-state index is 0.922. The lowest BCUT2D eigenvalue weighted by molar-refractivity contribution is 0.126. The quantitative estimate of drug-likeness (QED) is 0.404. The van der Waals surface area contributed by atoms with Crippen molar-refractivity contribution in [2.24, 2.45) is 0 Å². The Kier molecular flexibility index (Phi) is 9.36. The van der Waals surface area contributed by atoms with Gasteiger partial charge in [0.05, 0.1) is 0 Å². The van der Waals surface area contributed by atoms with Crippen LogP contribution in [0.4, 0.5) is 0 Å². The van der Waals surface area contributed by atoms with Gasteiger partial charge in [0.1, 0.15) is 0 Å². The molecule has 1 heteroatoms. The molecule has 25 heavy (non-hydrogen) atoms. The summed E-state index contributed by atoms with van der Waals surface area (Å²) >= 11 is 0. The predicted octanol–water partition coefficient (Wildman–Crippen LogP) is 6.45. The Balaban J connectivity index is 1.37. The summed E-state index contributed by atoms with van der Waals surface area (Å²) in [6, 6.07) is 17.8. The van der Waals surface area contributed by atoms with Crippen molar-refractivity contribution in [3.8, 4) is 0 Å². The van der Waals surface area contributed by atoms with Gasteiger partial charge in [-0.25, -0.2) is 0 Å². The average Bonchev–Trinajstić information content (AvgIpc) is 2.63. The largest absolute Gasteiger partial charge is 0.381 e. The normalized spacial score (nSPS) is 11.0. The van der Waals surface area contributed by atoms with Gasteiger partial charge in [0.2, 0.25) is 0 Å². The van der Waals surface area contributed by atoms with Gasteiger partial charge in [0, 0.05) is 13.2 Å². The highest BCUT2D eigenvalue weighted by Gasteiger charge is 1.96. The van der Waals surface area contributed by atoms with Gasteiger partial charge in [0.15, 0.2) is 0 Å². The first kappa shape index (κ1) is 19.7. The molecule has 0 heterocycles. The molecule has 0 aliphatic rings. The topological polar surface area (TPSA) is 9.23 Å². The maximum atomic E-state index is 5.77. The molecule has 0 radical (unpaired) electrons. The second-order valence-electron chi connectivity index (χ2n) is 7.20. The Morgan fingerprint density at radius 2 is 0.920 bits per heavy atom. The molecule has 0 aromatic heterocycles. The van der Waals surface area contributed by atoms with Crippen molar-refractivity contribution in [2.45, 2.75) is 65.2 Å². The lowest BCUT2D eigenvalue weighted by atomic mass is 10.1. The minimum Gasteiger partial charge on any atom is -0.381 e. The molecule has 2 rings (SSSR count). The van der Waals surface area contributed by atoms with Crippen molar-refractivity contribution in [3.63, 3.8) is 0 Å². The van der Waals surface area contributed by atoms with Crippen LogP contribution in [-0.2, 0) is 17.6 Å². The molecule has 0 N–H and O–H groups in total. The molecule has 0 aliphatic heterocycles. The molecule has 1 nitrogen and oxygen atoms in total. The second kappa shape index (κ2) is 11.9. The van der Waals surface area contributed by atoms with Crippen LogP contribution in [-0.4, -0.2) is 13.2 Å². The highest BCUT2D eigenvalue weighted by atomic mass is 16.5. The molecule has 0 fully saturated rings. The van der Waals surface area contributed by atoms with E-state index < -0.39 is 0 Å². The molecule has 0 spiro atoms. The van der Waals surface area contributed by atoms with Gasteiger partial charge in [0.25, 0.3) is 0 Å². The van der Waals surface area contributed by atoms with E-state index in [4.69, 9.17) is 4.74 Å². The van der Waals surface area contributed by atoms with E-state index in [1.54, 1.807) is 0 Å².